The summed E-state index contributed by atoms with van der Waals surface area (Å²) in [7, 11) is 1.52. The van der Waals surface area contributed by atoms with E-state index in [4.69, 9.17) is 0 Å². The van der Waals surface area contributed by atoms with Crippen LogP contribution in [0.25, 0.3) is 0 Å². The molecule has 2 amide bonds. The zero-order valence-corrected chi connectivity index (χ0v) is 13.1. The van der Waals surface area contributed by atoms with Gasteiger partial charge < -0.3 is 14.9 Å². The van der Waals surface area contributed by atoms with Gasteiger partial charge in [-0.25, -0.2) is 4.39 Å². The number of carbonyl (C=O) groups excluding carboxylic acids is 2. The summed E-state index contributed by atoms with van der Waals surface area (Å²) in [4.78, 5) is 27.8. The standard InChI is InChI=1S/C18H17FN2O3/c1-20(17(23)12-6-2-5-9-16(12)22)15-10-11-21(18(15)24)14-8-4-3-7-13(14)19/h2-9,15,22H,10-11H2,1H3/t15-/m1/s1. The molecule has 0 bridgehead atoms. The molecule has 0 aromatic heterocycles. The maximum absolute atomic E-state index is 13.9. The van der Waals surface area contributed by atoms with Crippen molar-refractivity contribution in [2.24, 2.45) is 0 Å². The Labute approximate surface area is 138 Å². The zero-order valence-electron chi connectivity index (χ0n) is 13.1. The average molecular weight is 328 g/mol. The highest BCUT2D eigenvalue weighted by molar-refractivity contribution is 6.04. The molecule has 1 aliphatic heterocycles. The van der Waals surface area contributed by atoms with Crippen molar-refractivity contribution in [2.45, 2.75) is 12.5 Å². The number of phenolic OH excluding ortho intramolecular Hbond substituents is 1. The van der Waals surface area contributed by atoms with Gasteiger partial charge in [-0.15, -0.1) is 0 Å². The molecule has 1 saturated heterocycles. The maximum Gasteiger partial charge on any atom is 0.258 e. The van der Waals surface area contributed by atoms with E-state index < -0.39 is 17.8 Å². The number of phenols is 1. The first kappa shape index (κ1) is 16.0. The van der Waals surface area contributed by atoms with Gasteiger partial charge in [-0.2, -0.15) is 0 Å². The molecule has 0 radical (unpaired) electrons. The van der Waals surface area contributed by atoms with Gasteiger partial charge in [0.15, 0.2) is 0 Å². The number of rotatable bonds is 3. The Kier molecular flexibility index (Phi) is 4.20. The molecule has 124 valence electrons. The first-order chi connectivity index (χ1) is 11.5. The number of hydrogen-bond donors (Lipinski definition) is 1. The predicted octanol–water partition coefficient (Wildman–Crippen LogP) is 2.41. The number of halogens is 1. The van der Waals surface area contributed by atoms with Gasteiger partial charge in [0.05, 0.1) is 11.3 Å². The smallest absolute Gasteiger partial charge is 0.258 e. The second-order valence-electron chi connectivity index (χ2n) is 5.68. The Morgan fingerprint density at radius 2 is 1.88 bits per heavy atom. The zero-order chi connectivity index (χ0) is 17.3. The number of hydrogen-bond acceptors (Lipinski definition) is 3. The number of benzene rings is 2. The fraction of sp³-hybridized carbons (Fsp3) is 0.222. The number of nitrogens with zero attached hydrogens (tertiary/aromatic N) is 2. The topological polar surface area (TPSA) is 60.9 Å². The SMILES string of the molecule is CN(C(=O)c1ccccc1O)[C@@H]1CCN(c2ccccc2F)C1=O. The van der Waals surface area contributed by atoms with Gasteiger partial charge >= 0.3 is 0 Å². The molecule has 1 aliphatic rings. The number of amides is 2. The van der Waals surface area contributed by atoms with Crippen molar-refractivity contribution in [1.29, 1.82) is 0 Å². The lowest BCUT2D eigenvalue weighted by Gasteiger charge is -2.24. The van der Waals surface area contributed by atoms with Crippen LogP contribution in [0.2, 0.25) is 0 Å². The summed E-state index contributed by atoms with van der Waals surface area (Å²) in [6.07, 6.45) is 0.406. The third-order valence-electron chi connectivity index (χ3n) is 4.24. The van der Waals surface area contributed by atoms with E-state index in [2.05, 4.69) is 0 Å². The van der Waals surface area contributed by atoms with Crippen LogP contribution < -0.4 is 4.90 Å². The van der Waals surface area contributed by atoms with Crippen LogP contribution in [0.15, 0.2) is 48.5 Å². The molecule has 0 unspecified atom stereocenters. The fourth-order valence-electron chi connectivity index (χ4n) is 2.92. The number of carbonyl (C=O) groups is 2. The Balaban J connectivity index is 1.81. The van der Waals surface area contributed by atoms with Gasteiger partial charge in [0.25, 0.3) is 5.91 Å². The Morgan fingerprint density at radius 1 is 1.21 bits per heavy atom. The second-order valence-corrected chi connectivity index (χ2v) is 5.68. The Hall–Kier alpha value is -2.89. The van der Waals surface area contributed by atoms with E-state index in [9.17, 15) is 19.1 Å². The van der Waals surface area contributed by atoms with E-state index in [1.54, 1.807) is 30.3 Å². The van der Waals surface area contributed by atoms with Crippen molar-refractivity contribution in [3.8, 4) is 5.75 Å². The minimum Gasteiger partial charge on any atom is -0.507 e. The molecule has 1 fully saturated rings. The Bertz CT molecular complexity index is 793. The van der Waals surface area contributed by atoms with Gasteiger partial charge in [-0.3, -0.25) is 9.59 Å². The quantitative estimate of drug-likeness (QED) is 0.941. The number of para-hydroxylation sites is 2. The Morgan fingerprint density at radius 3 is 2.58 bits per heavy atom. The minimum absolute atomic E-state index is 0.134. The van der Waals surface area contributed by atoms with E-state index in [0.29, 0.717) is 13.0 Å². The molecule has 24 heavy (non-hydrogen) atoms. The van der Waals surface area contributed by atoms with Crippen LogP contribution in [0.4, 0.5) is 10.1 Å². The van der Waals surface area contributed by atoms with Gasteiger partial charge in [0.2, 0.25) is 5.91 Å². The minimum atomic E-state index is -0.684. The molecular weight excluding hydrogens is 311 g/mol. The highest BCUT2D eigenvalue weighted by Crippen LogP contribution is 2.27. The molecule has 6 heteroatoms. The van der Waals surface area contributed by atoms with Crippen LogP contribution in [0, 0.1) is 5.82 Å². The van der Waals surface area contributed by atoms with E-state index in [1.807, 2.05) is 0 Å². The molecule has 3 rings (SSSR count). The second kappa shape index (κ2) is 6.31. The van der Waals surface area contributed by atoms with Crippen molar-refractivity contribution in [3.63, 3.8) is 0 Å². The summed E-state index contributed by atoms with van der Waals surface area (Å²) >= 11 is 0. The number of anilines is 1. The van der Waals surface area contributed by atoms with Crippen LogP contribution in [0.3, 0.4) is 0 Å². The molecule has 0 aliphatic carbocycles. The van der Waals surface area contributed by atoms with Crippen molar-refractivity contribution < 1.29 is 19.1 Å². The van der Waals surface area contributed by atoms with Crippen LogP contribution in [-0.2, 0) is 4.79 Å². The first-order valence-electron chi connectivity index (χ1n) is 7.61. The maximum atomic E-state index is 13.9. The normalized spacial score (nSPS) is 17.2. The van der Waals surface area contributed by atoms with Gasteiger partial charge in [0.1, 0.15) is 17.6 Å². The first-order valence-corrected chi connectivity index (χ1v) is 7.61. The lowest BCUT2D eigenvalue weighted by molar-refractivity contribution is -0.120. The van der Waals surface area contributed by atoms with Gasteiger partial charge in [-0.1, -0.05) is 24.3 Å². The van der Waals surface area contributed by atoms with Crippen LogP contribution >= 0.6 is 0 Å². The highest BCUT2D eigenvalue weighted by atomic mass is 19.1. The van der Waals surface area contributed by atoms with E-state index >= 15 is 0 Å². The van der Waals surface area contributed by atoms with Crippen molar-refractivity contribution in [2.75, 3.05) is 18.5 Å². The molecule has 0 saturated carbocycles. The number of likely N-dealkylation sites (N-methyl/N-ethyl adjacent to an activating group) is 1. The largest absolute Gasteiger partial charge is 0.507 e. The van der Waals surface area contributed by atoms with E-state index in [-0.39, 0.29) is 22.9 Å². The van der Waals surface area contributed by atoms with Gasteiger partial charge in [-0.05, 0) is 30.7 Å². The molecule has 1 N–H and O–H groups in total. The summed E-state index contributed by atoms with van der Waals surface area (Å²) in [5.74, 6) is -1.37. The summed E-state index contributed by atoms with van der Waals surface area (Å²) < 4.78 is 13.9. The van der Waals surface area contributed by atoms with Crippen molar-refractivity contribution in [3.05, 3.63) is 59.9 Å². The molecular formula is C18H17FN2O3. The third-order valence-corrected chi connectivity index (χ3v) is 4.24. The molecule has 0 spiro atoms. The summed E-state index contributed by atoms with van der Waals surface area (Å²) in [5.41, 5.74) is 0.352. The molecule has 1 heterocycles. The van der Waals surface area contributed by atoms with Gasteiger partial charge in [0, 0.05) is 13.6 Å². The van der Waals surface area contributed by atoms with E-state index in [1.165, 1.54) is 35.0 Å². The van der Waals surface area contributed by atoms with E-state index in [0.717, 1.165) is 0 Å². The van der Waals surface area contributed by atoms with Crippen LogP contribution in [0.1, 0.15) is 16.8 Å². The van der Waals surface area contributed by atoms with Crippen LogP contribution in [0.5, 0.6) is 5.75 Å². The predicted molar refractivity (Wildman–Crippen MR) is 87.4 cm³/mol. The molecule has 2 aromatic carbocycles. The average Bonchev–Trinajstić information content (AvgIpc) is 2.96. The monoisotopic (exact) mass is 328 g/mol. The summed E-state index contributed by atoms with van der Waals surface area (Å²) in [6, 6.07) is 11.6. The summed E-state index contributed by atoms with van der Waals surface area (Å²) in [6.45, 7) is 0.336. The molecule has 1 atom stereocenters. The lowest BCUT2D eigenvalue weighted by atomic mass is 10.1. The van der Waals surface area contributed by atoms with Crippen LogP contribution in [-0.4, -0.2) is 41.5 Å². The lowest BCUT2D eigenvalue weighted by Crippen LogP contribution is -2.43. The van der Waals surface area contributed by atoms with Crippen molar-refractivity contribution >= 4 is 17.5 Å². The van der Waals surface area contributed by atoms with Crippen molar-refractivity contribution in [1.82, 2.24) is 4.90 Å². The summed E-state index contributed by atoms with van der Waals surface area (Å²) in [5, 5.41) is 9.81. The number of aromatic hydroxyl groups is 1. The molecule has 2 aromatic rings. The third kappa shape index (κ3) is 2.71. The highest BCUT2D eigenvalue weighted by Gasteiger charge is 2.38. The molecule has 5 nitrogen and oxygen atoms in total. The fourth-order valence-corrected chi connectivity index (χ4v) is 2.92.